The molecule has 1 aromatic carbocycles. The molecular weight excluding hydrogens is 254 g/mol. The third-order valence-electron chi connectivity index (χ3n) is 3.30. The zero-order valence-electron chi connectivity index (χ0n) is 9.93. The monoisotopic (exact) mass is 265 g/mol. The van der Waals surface area contributed by atoms with E-state index in [1.165, 1.54) is 19.1 Å². The molecule has 7 heteroatoms. The van der Waals surface area contributed by atoms with E-state index in [2.05, 4.69) is 5.32 Å². The molecule has 100 valence electrons. The molecule has 19 heavy (non-hydrogen) atoms. The molecular formula is C12H11NO6. The van der Waals surface area contributed by atoms with Gasteiger partial charge in [-0.1, -0.05) is 6.07 Å². The van der Waals surface area contributed by atoms with Gasteiger partial charge < -0.3 is 15.3 Å². The maximum atomic E-state index is 11.3. The van der Waals surface area contributed by atoms with Crippen LogP contribution in [0.1, 0.15) is 38.8 Å². The van der Waals surface area contributed by atoms with Crippen LogP contribution in [0, 0.1) is 0 Å². The summed E-state index contributed by atoms with van der Waals surface area (Å²) in [6.45, 7) is 1.50. The van der Waals surface area contributed by atoms with Crippen molar-refractivity contribution in [3.63, 3.8) is 0 Å². The highest BCUT2D eigenvalue weighted by Gasteiger charge is 2.45. The zero-order valence-corrected chi connectivity index (χ0v) is 9.93. The minimum Gasteiger partial charge on any atom is -0.480 e. The first-order valence-corrected chi connectivity index (χ1v) is 5.40. The van der Waals surface area contributed by atoms with Gasteiger partial charge in [-0.05, 0) is 18.6 Å². The van der Waals surface area contributed by atoms with Crippen molar-refractivity contribution in [1.29, 1.82) is 0 Å². The van der Waals surface area contributed by atoms with Crippen molar-refractivity contribution in [2.24, 2.45) is 0 Å². The Balaban J connectivity index is 2.83. The van der Waals surface area contributed by atoms with E-state index in [0.717, 1.165) is 0 Å². The summed E-state index contributed by atoms with van der Waals surface area (Å²) in [4.78, 5) is 33.7. The van der Waals surface area contributed by atoms with Gasteiger partial charge in [0, 0.05) is 12.1 Å². The van der Waals surface area contributed by atoms with Gasteiger partial charge in [-0.25, -0.2) is 14.4 Å². The van der Waals surface area contributed by atoms with Crippen molar-refractivity contribution in [2.75, 3.05) is 0 Å². The van der Waals surface area contributed by atoms with Crippen LogP contribution in [0.2, 0.25) is 0 Å². The number of fused-ring (bicyclic) bond motifs is 1. The summed E-state index contributed by atoms with van der Waals surface area (Å²) in [5, 5.41) is 30.2. The number of hydrogen-bond donors (Lipinski definition) is 4. The molecule has 2 rings (SSSR count). The molecule has 0 spiro atoms. The zero-order chi connectivity index (χ0) is 14.4. The fourth-order valence-electron chi connectivity index (χ4n) is 2.31. The molecule has 0 saturated carbocycles. The van der Waals surface area contributed by atoms with E-state index in [9.17, 15) is 24.6 Å². The summed E-state index contributed by atoms with van der Waals surface area (Å²) in [7, 11) is 0. The predicted molar refractivity (Wildman–Crippen MR) is 62.2 cm³/mol. The maximum Gasteiger partial charge on any atom is 0.336 e. The molecule has 1 aliphatic rings. The molecule has 4 N–H and O–H groups in total. The first kappa shape index (κ1) is 13.0. The van der Waals surface area contributed by atoms with Gasteiger partial charge >= 0.3 is 17.9 Å². The molecule has 1 atom stereocenters. The minimum atomic E-state index is -1.60. The molecule has 1 aromatic rings. The fourth-order valence-corrected chi connectivity index (χ4v) is 2.31. The Morgan fingerprint density at radius 2 is 1.79 bits per heavy atom. The van der Waals surface area contributed by atoms with Crippen molar-refractivity contribution in [3.8, 4) is 0 Å². The average Bonchev–Trinajstić information content (AvgIpc) is 2.67. The van der Waals surface area contributed by atoms with E-state index in [-0.39, 0.29) is 12.1 Å². The lowest BCUT2D eigenvalue weighted by Crippen LogP contribution is -2.42. The number of aromatic carboxylic acids is 2. The number of carbonyl (C=O) groups is 3. The van der Waals surface area contributed by atoms with Gasteiger partial charge in [0.1, 0.15) is 5.54 Å². The van der Waals surface area contributed by atoms with E-state index in [1.54, 1.807) is 0 Å². The van der Waals surface area contributed by atoms with Gasteiger partial charge in [0.25, 0.3) is 0 Å². The lowest BCUT2D eigenvalue weighted by atomic mass is 9.86. The molecule has 1 aliphatic heterocycles. The fraction of sp³-hybridized carbons (Fsp3) is 0.250. The van der Waals surface area contributed by atoms with Crippen LogP contribution in [0.25, 0.3) is 0 Å². The summed E-state index contributed by atoms with van der Waals surface area (Å²) in [5.74, 6) is -4.11. The molecule has 0 bridgehead atoms. The molecule has 0 saturated heterocycles. The van der Waals surface area contributed by atoms with Crippen molar-refractivity contribution in [2.45, 2.75) is 19.0 Å². The van der Waals surface area contributed by atoms with Crippen LogP contribution in [-0.4, -0.2) is 33.2 Å². The number of carboxylic acids is 3. The Morgan fingerprint density at radius 3 is 2.26 bits per heavy atom. The summed E-state index contributed by atoms with van der Waals surface area (Å²) in [5.41, 5.74) is -2.00. The van der Waals surface area contributed by atoms with E-state index < -0.39 is 34.6 Å². The number of carboxylic acid groups (broad SMARTS) is 3. The second-order valence-corrected chi connectivity index (χ2v) is 4.42. The molecule has 0 aliphatic carbocycles. The first-order valence-electron chi connectivity index (χ1n) is 5.40. The van der Waals surface area contributed by atoms with Gasteiger partial charge in [0.15, 0.2) is 0 Å². The highest BCUT2D eigenvalue weighted by Crippen LogP contribution is 2.35. The van der Waals surface area contributed by atoms with Gasteiger partial charge in [0.2, 0.25) is 0 Å². The van der Waals surface area contributed by atoms with E-state index >= 15 is 0 Å². The Kier molecular flexibility index (Phi) is 2.78. The van der Waals surface area contributed by atoms with Gasteiger partial charge in [0.05, 0.1) is 11.1 Å². The van der Waals surface area contributed by atoms with Crippen LogP contribution < -0.4 is 5.32 Å². The Bertz CT molecular complexity index is 608. The number of rotatable bonds is 3. The summed E-state index contributed by atoms with van der Waals surface area (Å²) < 4.78 is 0. The predicted octanol–water partition coefficient (Wildman–Crippen LogP) is 0.486. The van der Waals surface area contributed by atoms with Crippen LogP contribution >= 0.6 is 0 Å². The first-order chi connectivity index (χ1) is 8.79. The van der Waals surface area contributed by atoms with E-state index in [0.29, 0.717) is 5.56 Å². The van der Waals surface area contributed by atoms with Crippen LogP contribution in [0.3, 0.4) is 0 Å². The highest BCUT2D eigenvalue weighted by atomic mass is 16.4. The molecule has 7 nitrogen and oxygen atoms in total. The molecule has 0 radical (unpaired) electrons. The number of hydrogen-bond acceptors (Lipinski definition) is 4. The maximum absolute atomic E-state index is 11.3. The lowest BCUT2D eigenvalue weighted by molar-refractivity contribution is -0.144. The largest absolute Gasteiger partial charge is 0.480 e. The summed E-state index contributed by atoms with van der Waals surface area (Å²) in [6.07, 6.45) is 0. The molecule has 0 aromatic heterocycles. The van der Waals surface area contributed by atoms with Crippen molar-refractivity contribution < 1.29 is 29.7 Å². The smallest absolute Gasteiger partial charge is 0.336 e. The number of benzene rings is 1. The molecule has 0 fully saturated rings. The average molecular weight is 265 g/mol. The van der Waals surface area contributed by atoms with Gasteiger partial charge in [-0.3, -0.25) is 5.32 Å². The summed E-state index contributed by atoms with van der Waals surface area (Å²) >= 11 is 0. The van der Waals surface area contributed by atoms with Gasteiger partial charge in [-0.2, -0.15) is 0 Å². The van der Waals surface area contributed by atoms with E-state index in [1.807, 2.05) is 0 Å². The number of aliphatic carboxylic acids is 1. The minimum absolute atomic E-state index is 0.00685. The lowest BCUT2D eigenvalue weighted by Gasteiger charge is -2.22. The topological polar surface area (TPSA) is 124 Å². The van der Waals surface area contributed by atoms with Crippen molar-refractivity contribution in [1.82, 2.24) is 5.32 Å². The Hall–Kier alpha value is -2.41. The summed E-state index contributed by atoms with van der Waals surface area (Å²) in [6, 6.07) is 2.62. The van der Waals surface area contributed by atoms with Crippen LogP contribution in [-0.2, 0) is 16.9 Å². The molecule has 1 unspecified atom stereocenters. The standard InChI is InChI=1S/C12H11NO6/c1-12(11(18)19)8-5(4-13-12)2-3-6(9(14)15)7(8)10(16)17/h2-3,13H,4H2,1H3,(H,14,15)(H,16,17)(H,18,19). The Labute approximate surface area is 107 Å². The van der Waals surface area contributed by atoms with Crippen LogP contribution in [0.15, 0.2) is 12.1 Å². The second kappa shape index (κ2) is 4.06. The third-order valence-corrected chi connectivity index (χ3v) is 3.30. The normalized spacial score (nSPS) is 20.9. The number of nitrogens with one attached hydrogen (secondary N) is 1. The molecule has 0 amide bonds. The molecule has 1 heterocycles. The Morgan fingerprint density at radius 1 is 1.16 bits per heavy atom. The quantitative estimate of drug-likeness (QED) is 0.626. The highest BCUT2D eigenvalue weighted by molar-refractivity contribution is 6.04. The van der Waals surface area contributed by atoms with Crippen LogP contribution in [0.5, 0.6) is 0 Å². The van der Waals surface area contributed by atoms with Crippen LogP contribution in [0.4, 0.5) is 0 Å². The van der Waals surface area contributed by atoms with Gasteiger partial charge in [-0.15, -0.1) is 0 Å². The SMILES string of the molecule is CC1(C(=O)O)NCc2ccc(C(=O)O)c(C(=O)O)c21. The second-order valence-electron chi connectivity index (χ2n) is 4.42. The van der Waals surface area contributed by atoms with Crippen molar-refractivity contribution >= 4 is 17.9 Å². The van der Waals surface area contributed by atoms with Crippen molar-refractivity contribution in [3.05, 3.63) is 34.4 Å². The third kappa shape index (κ3) is 1.75. The van der Waals surface area contributed by atoms with E-state index in [4.69, 9.17) is 5.11 Å².